The molecule has 11 heavy (non-hydrogen) atoms. The molecule has 3 fully saturated rings. The molecule has 2 bridgehead atoms. The van der Waals surface area contributed by atoms with E-state index in [2.05, 4.69) is 20.8 Å². The molecule has 0 nitrogen and oxygen atoms in total. The molecule has 0 aromatic heterocycles. The van der Waals surface area contributed by atoms with E-state index in [9.17, 15) is 0 Å². The first-order chi connectivity index (χ1) is 4.94. The fourth-order valence-electron chi connectivity index (χ4n) is 2.77. The molecule has 3 rings (SSSR count). The van der Waals surface area contributed by atoms with Crippen LogP contribution in [-0.4, -0.2) is 5.38 Å². The van der Waals surface area contributed by atoms with Crippen molar-refractivity contribution in [2.24, 2.45) is 16.7 Å². The van der Waals surface area contributed by atoms with E-state index in [1.54, 1.807) is 0 Å². The number of rotatable bonds is 0. The van der Waals surface area contributed by atoms with Crippen LogP contribution < -0.4 is 0 Å². The summed E-state index contributed by atoms with van der Waals surface area (Å²) in [5.74, 6) is 0.906. The van der Waals surface area contributed by atoms with Crippen LogP contribution in [0, 0.1) is 16.7 Å². The summed E-state index contributed by atoms with van der Waals surface area (Å²) in [6.45, 7) is 7.04. The predicted molar refractivity (Wildman–Crippen MR) is 48.9 cm³/mol. The third-order valence-corrected chi connectivity index (χ3v) is 4.73. The first-order valence-corrected chi connectivity index (χ1v) is 5.02. The molecule has 3 saturated carbocycles. The lowest BCUT2D eigenvalue weighted by Gasteiger charge is -2.60. The average Bonchev–Trinajstić information content (AvgIpc) is 1.78. The predicted octanol–water partition coefficient (Wildman–Crippen LogP) is 3.44. The van der Waals surface area contributed by atoms with E-state index in [-0.39, 0.29) is 0 Å². The Morgan fingerprint density at radius 1 is 1.09 bits per heavy atom. The highest BCUT2D eigenvalue weighted by Crippen LogP contribution is 2.63. The molecule has 0 aliphatic heterocycles. The quantitative estimate of drug-likeness (QED) is 0.491. The van der Waals surface area contributed by atoms with Crippen LogP contribution in [0.3, 0.4) is 0 Å². The van der Waals surface area contributed by atoms with Gasteiger partial charge >= 0.3 is 0 Å². The van der Waals surface area contributed by atoms with Crippen LogP contribution in [0.15, 0.2) is 0 Å². The van der Waals surface area contributed by atoms with E-state index < -0.39 is 0 Å². The van der Waals surface area contributed by atoms with Gasteiger partial charge in [-0.2, -0.15) is 0 Å². The normalized spacial score (nSPS) is 53.5. The minimum absolute atomic E-state index is 0.402. The van der Waals surface area contributed by atoms with Crippen molar-refractivity contribution in [2.45, 2.75) is 45.4 Å². The summed E-state index contributed by atoms with van der Waals surface area (Å²) >= 11 is 6.32. The van der Waals surface area contributed by atoms with Crippen LogP contribution in [0.2, 0.25) is 0 Å². The van der Waals surface area contributed by atoms with Crippen molar-refractivity contribution in [3.05, 3.63) is 0 Å². The second kappa shape index (κ2) is 1.96. The van der Waals surface area contributed by atoms with Crippen molar-refractivity contribution >= 4 is 11.6 Å². The zero-order chi connectivity index (χ0) is 8.28. The Balaban J connectivity index is 2.19. The Morgan fingerprint density at radius 3 is 2.00 bits per heavy atom. The van der Waals surface area contributed by atoms with Crippen molar-refractivity contribution in [1.82, 2.24) is 0 Å². The maximum absolute atomic E-state index is 6.32. The van der Waals surface area contributed by atoms with Gasteiger partial charge in [0.25, 0.3) is 0 Å². The molecular weight excluding hydrogens is 156 g/mol. The van der Waals surface area contributed by atoms with E-state index in [1.165, 1.54) is 19.3 Å². The molecule has 0 aromatic carbocycles. The van der Waals surface area contributed by atoms with Gasteiger partial charge in [0.2, 0.25) is 0 Å². The van der Waals surface area contributed by atoms with Gasteiger partial charge in [0, 0.05) is 5.38 Å². The first kappa shape index (κ1) is 7.91. The van der Waals surface area contributed by atoms with Gasteiger partial charge < -0.3 is 0 Å². The van der Waals surface area contributed by atoms with Gasteiger partial charge in [-0.05, 0) is 36.0 Å². The summed E-state index contributed by atoms with van der Waals surface area (Å²) in [4.78, 5) is 0. The van der Waals surface area contributed by atoms with E-state index in [0.29, 0.717) is 16.2 Å². The first-order valence-electron chi connectivity index (χ1n) is 4.58. The van der Waals surface area contributed by atoms with Gasteiger partial charge in [-0.15, -0.1) is 11.6 Å². The third-order valence-electron chi connectivity index (χ3n) is 4.01. The highest BCUT2D eigenvalue weighted by molar-refractivity contribution is 6.21. The van der Waals surface area contributed by atoms with Gasteiger partial charge in [0.1, 0.15) is 0 Å². The smallest absolute Gasteiger partial charge is 0.0394 e. The van der Waals surface area contributed by atoms with Crippen LogP contribution in [0.25, 0.3) is 0 Å². The lowest BCUT2D eigenvalue weighted by molar-refractivity contribution is -0.0733. The van der Waals surface area contributed by atoms with E-state index in [4.69, 9.17) is 11.6 Å². The molecule has 0 heterocycles. The molecule has 0 N–H and O–H groups in total. The monoisotopic (exact) mass is 172 g/mol. The standard InChI is InChI=1S/C10H17Cl/c1-9(2)7-4-10(3,5-7)6-8(9)11/h7-8H,4-6H2,1-3H3/t7?,8-,10?/m1/s1. The van der Waals surface area contributed by atoms with Gasteiger partial charge in [0.05, 0.1) is 0 Å². The Kier molecular flexibility index (Phi) is 1.41. The number of halogens is 1. The summed E-state index contributed by atoms with van der Waals surface area (Å²) in [5, 5.41) is 0.417. The second-order valence-corrected chi connectivity index (χ2v) is 5.94. The summed E-state index contributed by atoms with van der Waals surface area (Å²) in [5.41, 5.74) is 1.02. The van der Waals surface area contributed by atoms with E-state index in [1.807, 2.05) is 0 Å². The Bertz CT molecular complexity index is 173. The zero-order valence-corrected chi connectivity index (χ0v) is 8.41. The molecule has 0 amide bonds. The number of hydrogen-bond acceptors (Lipinski definition) is 0. The third kappa shape index (κ3) is 0.950. The van der Waals surface area contributed by atoms with Gasteiger partial charge in [-0.3, -0.25) is 0 Å². The highest BCUT2D eigenvalue weighted by Gasteiger charge is 2.55. The van der Waals surface area contributed by atoms with Crippen LogP contribution in [0.4, 0.5) is 0 Å². The summed E-state index contributed by atoms with van der Waals surface area (Å²) < 4.78 is 0. The van der Waals surface area contributed by atoms with E-state index in [0.717, 1.165) is 5.92 Å². The van der Waals surface area contributed by atoms with Crippen molar-refractivity contribution < 1.29 is 0 Å². The van der Waals surface area contributed by atoms with Gasteiger partial charge in [-0.25, -0.2) is 0 Å². The summed E-state index contributed by atoms with van der Waals surface area (Å²) in [6, 6.07) is 0. The van der Waals surface area contributed by atoms with Crippen molar-refractivity contribution in [3.63, 3.8) is 0 Å². The van der Waals surface area contributed by atoms with Crippen molar-refractivity contribution in [1.29, 1.82) is 0 Å². The van der Waals surface area contributed by atoms with Crippen LogP contribution >= 0.6 is 11.6 Å². The fraction of sp³-hybridized carbons (Fsp3) is 1.00. The Hall–Kier alpha value is 0.290. The number of hydrogen-bond donors (Lipinski definition) is 0. The Labute approximate surface area is 74.3 Å². The second-order valence-electron chi connectivity index (χ2n) is 5.41. The molecule has 1 heteroatoms. The zero-order valence-electron chi connectivity index (χ0n) is 7.65. The maximum Gasteiger partial charge on any atom is 0.0394 e. The molecule has 0 aromatic rings. The number of alkyl halides is 1. The van der Waals surface area contributed by atoms with E-state index >= 15 is 0 Å². The van der Waals surface area contributed by atoms with Gasteiger partial charge in [-0.1, -0.05) is 20.8 Å². The average molecular weight is 173 g/mol. The SMILES string of the molecule is CC12CC(C1)C(C)(C)[C@H](Cl)C2. The molecule has 0 unspecified atom stereocenters. The molecule has 3 aliphatic rings. The molecule has 1 atom stereocenters. The Morgan fingerprint density at radius 2 is 1.64 bits per heavy atom. The molecule has 0 saturated heterocycles. The maximum atomic E-state index is 6.32. The molecule has 64 valence electrons. The van der Waals surface area contributed by atoms with Crippen LogP contribution in [-0.2, 0) is 0 Å². The molecule has 3 aliphatic carbocycles. The molecule has 0 radical (unpaired) electrons. The van der Waals surface area contributed by atoms with Crippen LogP contribution in [0.1, 0.15) is 40.0 Å². The lowest BCUT2D eigenvalue weighted by Crippen LogP contribution is -2.54. The van der Waals surface area contributed by atoms with Gasteiger partial charge in [0.15, 0.2) is 0 Å². The summed E-state index contributed by atoms with van der Waals surface area (Å²) in [6.07, 6.45) is 4.07. The fourth-order valence-corrected chi connectivity index (χ4v) is 3.32. The largest absolute Gasteiger partial charge is 0.122 e. The minimum atomic E-state index is 0.402. The van der Waals surface area contributed by atoms with Crippen molar-refractivity contribution in [3.8, 4) is 0 Å². The minimum Gasteiger partial charge on any atom is -0.122 e. The number of fused-ring (bicyclic) bond motifs is 2. The molecule has 0 spiro atoms. The molecular formula is C10H17Cl. The topological polar surface area (TPSA) is 0 Å². The summed E-state index contributed by atoms with van der Waals surface area (Å²) in [7, 11) is 0. The van der Waals surface area contributed by atoms with Crippen LogP contribution in [0.5, 0.6) is 0 Å². The lowest BCUT2D eigenvalue weighted by atomic mass is 9.47. The highest BCUT2D eigenvalue weighted by atomic mass is 35.5. The van der Waals surface area contributed by atoms with Crippen molar-refractivity contribution in [2.75, 3.05) is 0 Å².